The Hall–Kier alpha value is -2.94. The van der Waals surface area contributed by atoms with Crippen LogP contribution in [0.5, 0.6) is 17.2 Å². The molecule has 1 amide bonds. The lowest BCUT2D eigenvalue weighted by molar-refractivity contribution is -0.119. The second-order valence-electron chi connectivity index (χ2n) is 7.87. The minimum Gasteiger partial charge on any atom is -0.491 e. The molecule has 1 heterocycles. The standard InChI is InChI=1S/C23H30N2O6S/c1-17(2)31-20-8-4-6-18(14-20)7-5-11-24-23(26)16-25(32(3,27)28)19-9-10-21-22(15-19)30-13-12-29-21/h4,6,8-10,14-15,17H,5,7,11-13,16H2,1-3H3,(H,24,26). The molecule has 0 bridgehead atoms. The van der Waals surface area contributed by atoms with Crippen LogP contribution in [-0.4, -0.2) is 53.0 Å². The van der Waals surface area contributed by atoms with Gasteiger partial charge < -0.3 is 19.5 Å². The molecular weight excluding hydrogens is 432 g/mol. The number of sulfonamides is 1. The van der Waals surface area contributed by atoms with Crippen LogP contribution in [0.4, 0.5) is 5.69 Å². The van der Waals surface area contributed by atoms with Crippen molar-refractivity contribution in [2.75, 3.05) is 36.9 Å². The van der Waals surface area contributed by atoms with Gasteiger partial charge in [-0.2, -0.15) is 0 Å². The van der Waals surface area contributed by atoms with Gasteiger partial charge in [0.15, 0.2) is 11.5 Å². The molecule has 0 radical (unpaired) electrons. The smallest absolute Gasteiger partial charge is 0.240 e. The number of amides is 1. The first kappa shape index (κ1) is 23.7. The predicted octanol–water partition coefficient (Wildman–Crippen LogP) is 2.76. The van der Waals surface area contributed by atoms with Gasteiger partial charge in [0.1, 0.15) is 25.5 Å². The van der Waals surface area contributed by atoms with Gasteiger partial charge in [-0.25, -0.2) is 8.42 Å². The van der Waals surface area contributed by atoms with Crippen LogP contribution in [0.1, 0.15) is 25.8 Å². The normalized spacial score (nSPS) is 13.0. The number of fused-ring (bicyclic) bond motifs is 1. The monoisotopic (exact) mass is 462 g/mol. The summed E-state index contributed by atoms with van der Waals surface area (Å²) in [5.41, 5.74) is 1.47. The van der Waals surface area contributed by atoms with Crippen molar-refractivity contribution in [3.63, 3.8) is 0 Å². The van der Waals surface area contributed by atoms with Gasteiger partial charge in [0.25, 0.3) is 0 Å². The summed E-state index contributed by atoms with van der Waals surface area (Å²) in [4.78, 5) is 12.5. The van der Waals surface area contributed by atoms with Crippen molar-refractivity contribution < 1.29 is 27.4 Å². The van der Waals surface area contributed by atoms with Gasteiger partial charge in [-0.05, 0) is 56.5 Å². The van der Waals surface area contributed by atoms with Gasteiger partial charge in [-0.1, -0.05) is 12.1 Å². The molecule has 32 heavy (non-hydrogen) atoms. The van der Waals surface area contributed by atoms with Gasteiger partial charge in [-0.3, -0.25) is 9.10 Å². The number of ether oxygens (including phenoxy) is 3. The number of carbonyl (C=O) groups excluding carboxylic acids is 1. The summed E-state index contributed by atoms with van der Waals surface area (Å²) in [6.07, 6.45) is 2.67. The number of hydrogen-bond acceptors (Lipinski definition) is 6. The van der Waals surface area contributed by atoms with Crippen molar-refractivity contribution in [2.45, 2.75) is 32.8 Å². The Morgan fingerprint density at radius 3 is 2.59 bits per heavy atom. The number of hydrogen-bond donors (Lipinski definition) is 1. The third-order valence-electron chi connectivity index (χ3n) is 4.74. The summed E-state index contributed by atoms with van der Waals surface area (Å²) < 4.78 is 42.4. The lowest BCUT2D eigenvalue weighted by Gasteiger charge is -2.24. The van der Waals surface area contributed by atoms with Gasteiger partial charge in [-0.15, -0.1) is 0 Å². The summed E-state index contributed by atoms with van der Waals surface area (Å²) in [6.45, 7) is 4.92. The molecule has 0 atom stereocenters. The molecule has 0 aliphatic carbocycles. The van der Waals surface area contributed by atoms with E-state index in [1.807, 2.05) is 38.1 Å². The summed E-state index contributed by atoms with van der Waals surface area (Å²) in [6, 6.07) is 12.7. The fraction of sp³-hybridized carbons (Fsp3) is 0.435. The molecule has 1 aliphatic heterocycles. The van der Waals surface area contributed by atoms with Crippen molar-refractivity contribution in [3.8, 4) is 17.2 Å². The first-order valence-electron chi connectivity index (χ1n) is 10.6. The second-order valence-corrected chi connectivity index (χ2v) is 9.77. The van der Waals surface area contributed by atoms with E-state index < -0.39 is 10.0 Å². The maximum absolute atomic E-state index is 12.5. The van der Waals surface area contributed by atoms with E-state index >= 15 is 0 Å². The number of rotatable bonds is 10. The highest BCUT2D eigenvalue weighted by Gasteiger charge is 2.23. The second kappa shape index (κ2) is 10.6. The Bertz CT molecular complexity index is 1040. The molecular formula is C23H30N2O6S. The number of aryl methyl sites for hydroxylation is 1. The van der Waals surface area contributed by atoms with E-state index in [0.29, 0.717) is 36.9 Å². The lowest BCUT2D eigenvalue weighted by atomic mass is 10.1. The Balaban J connectivity index is 1.54. The Morgan fingerprint density at radius 2 is 1.88 bits per heavy atom. The van der Waals surface area contributed by atoms with Gasteiger partial charge in [0.05, 0.1) is 18.0 Å². The van der Waals surface area contributed by atoms with E-state index in [4.69, 9.17) is 14.2 Å². The van der Waals surface area contributed by atoms with E-state index in [1.165, 1.54) is 0 Å². The minimum absolute atomic E-state index is 0.108. The minimum atomic E-state index is -3.67. The number of nitrogens with one attached hydrogen (secondary N) is 1. The van der Waals surface area contributed by atoms with Gasteiger partial charge >= 0.3 is 0 Å². The van der Waals surface area contributed by atoms with Crippen molar-refractivity contribution >= 4 is 21.6 Å². The molecule has 1 aliphatic rings. The fourth-order valence-electron chi connectivity index (χ4n) is 3.34. The maximum atomic E-state index is 12.5. The molecule has 0 unspecified atom stereocenters. The van der Waals surface area contributed by atoms with E-state index in [1.54, 1.807) is 18.2 Å². The Kier molecular flexibility index (Phi) is 7.84. The Labute approximate surface area is 189 Å². The highest BCUT2D eigenvalue weighted by molar-refractivity contribution is 7.92. The number of benzene rings is 2. The van der Waals surface area contributed by atoms with Crippen LogP contribution in [0, 0.1) is 0 Å². The molecule has 0 saturated carbocycles. The van der Waals surface area contributed by atoms with Crippen molar-refractivity contribution in [1.82, 2.24) is 5.32 Å². The lowest BCUT2D eigenvalue weighted by Crippen LogP contribution is -2.40. The molecule has 3 rings (SSSR count). The van der Waals surface area contributed by atoms with Crippen LogP contribution >= 0.6 is 0 Å². The third kappa shape index (κ3) is 6.78. The first-order valence-corrected chi connectivity index (χ1v) is 12.5. The molecule has 2 aromatic rings. The zero-order valence-electron chi connectivity index (χ0n) is 18.7. The average Bonchev–Trinajstić information content (AvgIpc) is 2.74. The number of carbonyl (C=O) groups is 1. The number of nitrogens with zero attached hydrogens (tertiary/aromatic N) is 1. The highest BCUT2D eigenvalue weighted by Crippen LogP contribution is 2.34. The van der Waals surface area contributed by atoms with E-state index in [9.17, 15) is 13.2 Å². The molecule has 0 fully saturated rings. The number of anilines is 1. The van der Waals surface area contributed by atoms with Crippen LogP contribution in [0.2, 0.25) is 0 Å². The van der Waals surface area contributed by atoms with Gasteiger partial charge in [0.2, 0.25) is 15.9 Å². The SMILES string of the molecule is CC(C)Oc1cccc(CCCNC(=O)CN(c2ccc3c(c2)OCCO3)S(C)(=O)=O)c1. The van der Waals surface area contributed by atoms with E-state index in [2.05, 4.69) is 5.32 Å². The zero-order chi connectivity index (χ0) is 23.1. The molecule has 9 heteroatoms. The largest absolute Gasteiger partial charge is 0.491 e. The topological polar surface area (TPSA) is 94.2 Å². The molecule has 1 N–H and O–H groups in total. The zero-order valence-corrected chi connectivity index (χ0v) is 19.5. The Morgan fingerprint density at radius 1 is 1.12 bits per heavy atom. The predicted molar refractivity (Wildman–Crippen MR) is 123 cm³/mol. The summed E-state index contributed by atoms with van der Waals surface area (Å²) >= 11 is 0. The molecule has 2 aromatic carbocycles. The summed E-state index contributed by atoms with van der Waals surface area (Å²) in [5.74, 6) is 1.47. The van der Waals surface area contributed by atoms with Crippen molar-refractivity contribution in [3.05, 3.63) is 48.0 Å². The first-order chi connectivity index (χ1) is 15.2. The molecule has 8 nitrogen and oxygen atoms in total. The quantitative estimate of drug-likeness (QED) is 0.546. The van der Waals surface area contributed by atoms with Crippen LogP contribution in [0.25, 0.3) is 0 Å². The van der Waals surface area contributed by atoms with Crippen molar-refractivity contribution in [1.29, 1.82) is 0 Å². The molecule has 0 spiro atoms. The van der Waals surface area contributed by atoms with E-state index in [0.717, 1.165) is 34.7 Å². The average molecular weight is 463 g/mol. The van der Waals surface area contributed by atoms with Crippen molar-refractivity contribution in [2.24, 2.45) is 0 Å². The molecule has 0 saturated heterocycles. The van der Waals surface area contributed by atoms with Crippen LogP contribution in [-0.2, 0) is 21.2 Å². The fourth-order valence-corrected chi connectivity index (χ4v) is 4.19. The summed E-state index contributed by atoms with van der Waals surface area (Å²) in [7, 11) is -3.67. The molecule has 174 valence electrons. The molecule has 0 aromatic heterocycles. The van der Waals surface area contributed by atoms with Crippen LogP contribution < -0.4 is 23.8 Å². The van der Waals surface area contributed by atoms with Crippen LogP contribution in [0.3, 0.4) is 0 Å². The van der Waals surface area contributed by atoms with Crippen LogP contribution in [0.15, 0.2) is 42.5 Å². The maximum Gasteiger partial charge on any atom is 0.240 e. The van der Waals surface area contributed by atoms with Gasteiger partial charge in [0, 0.05) is 12.6 Å². The highest BCUT2D eigenvalue weighted by atomic mass is 32.2. The summed E-state index contributed by atoms with van der Waals surface area (Å²) in [5, 5.41) is 2.80. The third-order valence-corrected chi connectivity index (χ3v) is 5.88. The van der Waals surface area contributed by atoms with E-state index in [-0.39, 0.29) is 18.6 Å².